The number of aliphatic hydroxyl groups is 1. The predicted molar refractivity (Wildman–Crippen MR) is 58.9 cm³/mol. The number of H-pyrrole nitrogens is 1. The van der Waals surface area contributed by atoms with Gasteiger partial charge in [-0.25, -0.2) is 9.97 Å². The van der Waals surface area contributed by atoms with E-state index in [4.69, 9.17) is 11.6 Å². The molecule has 0 saturated heterocycles. The Hall–Kier alpha value is -1.13. The summed E-state index contributed by atoms with van der Waals surface area (Å²) in [5.41, 5.74) is 1.80. The van der Waals surface area contributed by atoms with E-state index in [1.807, 2.05) is 6.20 Å². The zero-order valence-electron chi connectivity index (χ0n) is 8.37. The van der Waals surface area contributed by atoms with Crippen LogP contribution >= 0.6 is 11.6 Å². The van der Waals surface area contributed by atoms with Gasteiger partial charge in [0, 0.05) is 6.20 Å². The molecule has 0 saturated carbocycles. The summed E-state index contributed by atoms with van der Waals surface area (Å²) in [4.78, 5) is 11.1. The third-order valence-corrected chi connectivity index (χ3v) is 2.62. The number of aliphatic hydroxyl groups excluding tert-OH is 1. The molecular weight excluding hydrogens is 214 g/mol. The van der Waals surface area contributed by atoms with Crippen LogP contribution in [0.2, 0.25) is 5.15 Å². The molecule has 2 heterocycles. The van der Waals surface area contributed by atoms with Crippen molar-refractivity contribution in [3.05, 3.63) is 23.2 Å². The van der Waals surface area contributed by atoms with E-state index in [0.717, 1.165) is 23.0 Å². The van der Waals surface area contributed by atoms with E-state index in [0.29, 0.717) is 11.6 Å². The van der Waals surface area contributed by atoms with Crippen molar-refractivity contribution in [3.63, 3.8) is 0 Å². The summed E-state index contributed by atoms with van der Waals surface area (Å²) in [5.74, 6) is 0. The highest BCUT2D eigenvalue weighted by atomic mass is 35.5. The van der Waals surface area contributed by atoms with Gasteiger partial charge >= 0.3 is 0 Å². The lowest BCUT2D eigenvalue weighted by atomic mass is 10.1. The Kier molecular flexibility index (Phi) is 2.88. The molecule has 2 aromatic rings. The number of aromatic amines is 1. The SMILES string of the molecule is CC(O)CCc1c[nH]c2ncnc(Cl)c12. The van der Waals surface area contributed by atoms with Crippen LogP contribution in [-0.2, 0) is 6.42 Å². The normalized spacial score (nSPS) is 13.3. The number of rotatable bonds is 3. The van der Waals surface area contributed by atoms with Gasteiger partial charge in [0.15, 0.2) is 0 Å². The molecule has 15 heavy (non-hydrogen) atoms. The second-order valence-electron chi connectivity index (χ2n) is 3.59. The highest BCUT2D eigenvalue weighted by Gasteiger charge is 2.09. The zero-order valence-corrected chi connectivity index (χ0v) is 9.12. The van der Waals surface area contributed by atoms with Gasteiger partial charge in [-0.3, -0.25) is 0 Å². The Balaban J connectivity index is 2.35. The Morgan fingerprint density at radius 3 is 3.07 bits per heavy atom. The van der Waals surface area contributed by atoms with Crippen LogP contribution in [0.5, 0.6) is 0 Å². The summed E-state index contributed by atoms with van der Waals surface area (Å²) in [6.07, 6.45) is 4.47. The lowest BCUT2D eigenvalue weighted by Gasteiger charge is -2.02. The largest absolute Gasteiger partial charge is 0.393 e. The van der Waals surface area contributed by atoms with Gasteiger partial charge in [-0.2, -0.15) is 0 Å². The van der Waals surface area contributed by atoms with Gasteiger partial charge in [-0.1, -0.05) is 11.6 Å². The van der Waals surface area contributed by atoms with Gasteiger partial charge in [0.2, 0.25) is 0 Å². The van der Waals surface area contributed by atoms with Crippen LogP contribution in [0, 0.1) is 0 Å². The predicted octanol–water partition coefficient (Wildman–Crippen LogP) is 1.92. The maximum absolute atomic E-state index is 9.22. The summed E-state index contributed by atoms with van der Waals surface area (Å²) in [7, 11) is 0. The molecule has 0 aliphatic heterocycles. The van der Waals surface area contributed by atoms with Crippen LogP contribution in [0.4, 0.5) is 0 Å². The molecule has 0 fully saturated rings. The lowest BCUT2D eigenvalue weighted by molar-refractivity contribution is 0.185. The van der Waals surface area contributed by atoms with Gasteiger partial charge in [0.05, 0.1) is 11.5 Å². The topological polar surface area (TPSA) is 61.8 Å². The van der Waals surface area contributed by atoms with Gasteiger partial charge in [0.1, 0.15) is 17.1 Å². The van der Waals surface area contributed by atoms with E-state index in [2.05, 4.69) is 15.0 Å². The molecule has 1 atom stereocenters. The molecule has 2 rings (SSSR count). The van der Waals surface area contributed by atoms with Crippen LogP contribution in [-0.4, -0.2) is 26.2 Å². The Labute approximate surface area is 92.3 Å². The van der Waals surface area contributed by atoms with E-state index in [1.54, 1.807) is 6.92 Å². The number of hydrogen-bond acceptors (Lipinski definition) is 3. The van der Waals surface area contributed by atoms with E-state index in [-0.39, 0.29) is 6.10 Å². The fourth-order valence-corrected chi connectivity index (χ4v) is 1.80. The fraction of sp³-hybridized carbons (Fsp3) is 0.400. The highest BCUT2D eigenvalue weighted by molar-refractivity contribution is 6.34. The first-order chi connectivity index (χ1) is 7.18. The van der Waals surface area contributed by atoms with Crippen LogP contribution < -0.4 is 0 Å². The molecule has 5 heteroatoms. The minimum absolute atomic E-state index is 0.307. The summed E-state index contributed by atoms with van der Waals surface area (Å²) in [6.45, 7) is 1.77. The van der Waals surface area contributed by atoms with Crippen LogP contribution in [0.3, 0.4) is 0 Å². The molecule has 4 nitrogen and oxygen atoms in total. The molecule has 0 spiro atoms. The molecule has 1 unspecified atom stereocenters. The van der Waals surface area contributed by atoms with Crippen molar-refractivity contribution < 1.29 is 5.11 Å². The quantitative estimate of drug-likeness (QED) is 0.785. The zero-order chi connectivity index (χ0) is 10.8. The third-order valence-electron chi connectivity index (χ3n) is 2.34. The minimum Gasteiger partial charge on any atom is -0.393 e. The number of halogens is 1. The number of hydrogen-bond donors (Lipinski definition) is 2. The van der Waals surface area contributed by atoms with Gasteiger partial charge < -0.3 is 10.1 Å². The maximum atomic E-state index is 9.22. The van der Waals surface area contributed by atoms with Crippen molar-refractivity contribution in [1.82, 2.24) is 15.0 Å². The molecule has 80 valence electrons. The molecule has 0 bridgehead atoms. The Bertz CT molecular complexity index is 467. The smallest absolute Gasteiger partial charge is 0.142 e. The Morgan fingerprint density at radius 1 is 1.53 bits per heavy atom. The molecule has 0 aliphatic carbocycles. The molecule has 0 amide bonds. The van der Waals surface area contributed by atoms with E-state index in [9.17, 15) is 5.11 Å². The first-order valence-electron chi connectivity index (χ1n) is 4.83. The molecular formula is C10H12ClN3O. The second kappa shape index (κ2) is 4.16. The van der Waals surface area contributed by atoms with Crippen LogP contribution in [0.1, 0.15) is 18.9 Å². The number of aromatic nitrogens is 3. The maximum Gasteiger partial charge on any atom is 0.142 e. The van der Waals surface area contributed by atoms with Crippen LogP contribution in [0.15, 0.2) is 12.5 Å². The number of nitrogens with zero attached hydrogens (tertiary/aromatic N) is 2. The minimum atomic E-state index is -0.307. The van der Waals surface area contributed by atoms with E-state index in [1.165, 1.54) is 6.33 Å². The third kappa shape index (κ3) is 2.11. The summed E-state index contributed by atoms with van der Waals surface area (Å²) in [5, 5.41) is 10.5. The van der Waals surface area contributed by atoms with Gasteiger partial charge in [-0.15, -0.1) is 0 Å². The first kappa shape index (κ1) is 10.4. The molecule has 0 aliphatic rings. The Morgan fingerprint density at radius 2 is 2.33 bits per heavy atom. The number of fused-ring (bicyclic) bond motifs is 1. The van der Waals surface area contributed by atoms with Gasteiger partial charge in [0.25, 0.3) is 0 Å². The van der Waals surface area contributed by atoms with Crippen molar-refractivity contribution >= 4 is 22.6 Å². The van der Waals surface area contributed by atoms with Crippen molar-refractivity contribution in [2.24, 2.45) is 0 Å². The monoisotopic (exact) mass is 225 g/mol. The molecule has 0 radical (unpaired) electrons. The van der Waals surface area contributed by atoms with Crippen LogP contribution in [0.25, 0.3) is 11.0 Å². The van der Waals surface area contributed by atoms with E-state index >= 15 is 0 Å². The van der Waals surface area contributed by atoms with E-state index < -0.39 is 0 Å². The van der Waals surface area contributed by atoms with Crippen molar-refractivity contribution in [3.8, 4) is 0 Å². The molecule has 2 N–H and O–H groups in total. The van der Waals surface area contributed by atoms with Gasteiger partial charge in [-0.05, 0) is 25.3 Å². The highest BCUT2D eigenvalue weighted by Crippen LogP contribution is 2.24. The lowest BCUT2D eigenvalue weighted by Crippen LogP contribution is -2.01. The average Bonchev–Trinajstić information content (AvgIpc) is 2.59. The fourth-order valence-electron chi connectivity index (χ4n) is 1.55. The molecule has 2 aromatic heterocycles. The summed E-state index contributed by atoms with van der Waals surface area (Å²) in [6, 6.07) is 0. The first-order valence-corrected chi connectivity index (χ1v) is 5.21. The number of nitrogens with one attached hydrogen (secondary N) is 1. The second-order valence-corrected chi connectivity index (χ2v) is 3.95. The molecule has 0 aromatic carbocycles. The number of aryl methyl sites for hydroxylation is 1. The van der Waals surface area contributed by atoms with Crippen molar-refractivity contribution in [2.45, 2.75) is 25.9 Å². The van der Waals surface area contributed by atoms with Crippen molar-refractivity contribution in [2.75, 3.05) is 0 Å². The average molecular weight is 226 g/mol. The summed E-state index contributed by atoms with van der Waals surface area (Å²) < 4.78 is 0. The standard InChI is InChI=1S/C10H12ClN3O/c1-6(15)2-3-7-4-12-10-8(7)9(11)13-5-14-10/h4-6,15H,2-3H2,1H3,(H,12,13,14). The van der Waals surface area contributed by atoms with Crippen molar-refractivity contribution in [1.29, 1.82) is 0 Å². The summed E-state index contributed by atoms with van der Waals surface area (Å²) >= 11 is 5.99.